The van der Waals surface area contributed by atoms with Crippen LogP contribution in [0.15, 0.2) is 59.7 Å². The maximum atomic E-state index is 13.7. The molecule has 1 amide bonds. The van der Waals surface area contributed by atoms with E-state index in [0.29, 0.717) is 16.7 Å². The Labute approximate surface area is 209 Å². The number of alkyl halides is 3. The van der Waals surface area contributed by atoms with Gasteiger partial charge in [0.1, 0.15) is 12.4 Å². The van der Waals surface area contributed by atoms with Crippen LogP contribution >= 0.6 is 11.6 Å². The Morgan fingerprint density at radius 1 is 1.11 bits per heavy atom. The first-order valence-corrected chi connectivity index (χ1v) is 11.2. The fourth-order valence-corrected chi connectivity index (χ4v) is 4.41. The Morgan fingerprint density at radius 2 is 1.81 bits per heavy atom. The molecule has 0 aliphatic carbocycles. The molecular weight excluding hydrogens is 500 g/mol. The summed E-state index contributed by atoms with van der Waals surface area (Å²) in [5, 5.41) is -0.0986. The normalized spacial score (nSPS) is 18.0. The summed E-state index contributed by atoms with van der Waals surface area (Å²) in [6, 6.07) is 11.9. The lowest BCUT2D eigenvalue weighted by Gasteiger charge is -2.25. The topological polar surface area (TPSA) is 80.7 Å². The van der Waals surface area contributed by atoms with Gasteiger partial charge in [0.25, 0.3) is 5.91 Å². The molecule has 1 aromatic heterocycles. The van der Waals surface area contributed by atoms with Crippen LogP contribution in [-0.2, 0) is 16.9 Å². The average molecular weight is 521 g/mol. The van der Waals surface area contributed by atoms with Gasteiger partial charge in [-0.3, -0.25) is 14.5 Å². The molecule has 36 heavy (non-hydrogen) atoms. The van der Waals surface area contributed by atoms with Crippen LogP contribution in [0.2, 0.25) is 5.02 Å². The summed E-state index contributed by atoms with van der Waals surface area (Å²) in [7, 11) is 1.40. The van der Waals surface area contributed by atoms with Crippen LogP contribution in [0.1, 0.15) is 35.0 Å². The minimum absolute atomic E-state index is 0.0334. The molecule has 3 aromatic rings. The van der Waals surface area contributed by atoms with E-state index in [4.69, 9.17) is 17.3 Å². The van der Waals surface area contributed by atoms with Crippen molar-refractivity contribution >= 4 is 29.3 Å². The van der Waals surface area contributed by atoms with Gasteiger partial charge < -0.3 is 10.3 Å². The number of nitrogens with zero attached hydrogens (tertiary/aromatic N) is 3. The molecule has 2 N–H and O–H groups in total. The minimum Gasteiger partial charge on any atom is -0.369 e. The van der Waals surface area contributed by atoms with Gasteiger partial charge in [-0.15, -0.1) is 0 Å². The fourth-order valence-electron chi connectivity index (χ4n) is 4.23. The van der Waals surface area contributed by atoms with E-state index in [1.165, 1.54) is 38.2 Å². The van der Waals surface area contributed by atoms with E-state index in [0.717, 1.165) is 15.7 Å². The van der Waals surface area contributed by atoms with Gasteiger partial charge in [-0.25, -0.2) is 9.38 Å². The maximum absolute atomic E-state index is 13.7. The van der Waals surface area contributed by atoms with Crippen LogP contribution in [0.3, 0.4) is 0 Å². The molecule has 0 saturated heterocycles. The van der Waals surface area contributed by atoms with Gasteiger partial charge in [-0.05, 0) is 41.0 Å². The van der Waals surface area contributed by atoms with Crippen molar-refractivity contribution in [1.82, 2.24) is 9.47 Å². The van der Waals surface area contributed by atoms with E-state index in [1.54, 1.807) is 24.3 Å². The predicted molar refractivity (Wildman–Crippen MR) is 127 cm³/mol. The Bertz CT molecular complexity index is 1400. The Kier molecular flexibility index (Phi) is 6.42. The number of Topliss-reactive ketones (excluding diaryl/α,β-unsaturated/α-hetero) is 1. The molecule has 1 unspecified atom stereocenters. The molecule has 0 saturated carbocycles. The lowest BCUT2D eigenvalue weighted by Crippen LogP contribution is -2.41. The third-order valence-corrected chi connectivity index (χ3v) is 6.33. The van der Waals surface area contributed by atoms with Crippen molar-refractivity contribution in [2.75, 3.05) is 7.05 Å². The van der Waals surface area contributed by atoms with Crippen LogP contribution in [-0.4, -0.2) is 40.3 Å². The summed E-state index contributed by atoms with van der Waals surface area (Å²) >= 11 is 5.93. The van der Waals surface area contributed by atoms with Crippen molar-refractivity contribution in [1.29, 1.82) is 0 Å². The van der Waals surface area contributed by atoms with Gasteiger partial charge in [0.05, 0.1) is 10.7 Å². The summed E-state index contributed by atoms with van der Waals surface area (Å²) in [5.41, 5.74) is 5.43. The number of benzene rings is 2. The number of guanidine groups is 1. The molecule has 1 atom stereocenters. The number of nitrogens with two attached hydrogens (primary N) is 1. The van der Waals surface area contributed by atoms with E-state index < -0.39 is 35.8 Å². The predicted octanol–water partition coefficient (Wildman–Crippen LogP) is 5.13. The van der Waals surface area contributed by atoms with Crippen molar-refractivity contribution in [3.05, 3.63) is 82.4 Å². The van der Waals surface area contributed by atoms with Crippen molar-refractivity contribution in [3.63, 3.8) is 0 Å². The maximum Gasteiger partial charge on any atom is 0.406 e. The lowest BCUT2D eigenvalue weighted by atomic mass is 9.82. The number of ketones is 1. The molecule has 0 radical (unpaired) electrons. The van der Waals surface area contributed by atoms with Crippen LogP contribution in [0.5, 0.6) is 0 Å². The third kappa shape index (κ3) is 4.37. The number of amides is 1. The highest BCUT2D eigenvalue weighted by molar-refractivity contribution is 6.31. The number of aromatic nitrogens is 1. The quantitative estimate of drug-likeness (QED) is 0.361. The van der Waals surface area contributed by atoms with Crippen molar-refractivity contribution in [2.45, 2.75) is 31.6 Å². The van der Waals surface area contributed by atoms with Crippen molar-refractivity contribution < 1.29 is 27.2 Å². The van der Waals surface area contributed by atoms with Crippen LogP contribution in [0.25, 0.3) is 11.1 Å². The molecule has 6 nitrogen and oxygen atoms in total. The molecule has 1 aliphatic rings. The SMILES string of the molecule is CCC(=O)c1cc(C2(c3cccc(-c4ccc(F)c(Cl)c4)c3)N=C(N)N(C)C2=O)cn1CC(F)(F)F. The van der Waals surface area contributed by atoms with E-state index in [1.807, 2.05) is 0 Å². The highest BCUT2D eigenvalue weighted by Gasteiger charge is 2.50. The summed E-state index contributed by atoms with van der Waals surface area (Å²) in [6.45, 7) is 0.117. The van der Waals surface area contributed by atoms with Gasteiger partial charge in [0.15, 0.2) is 17.3 Å². The summed E-state index contributed by atoms with van der Waals surface area (Å²) in [5.74, 6) is -1.86. The largest absolute Gasteiger partial charge is 0.406 e. The zero-order valence-electron chi connectivity index (χ0n) is 19.2. The number of carbonyl (C=O) groups excluding carboxylic acids is 2. The second-order valence-electron chi connectivity index (χ2n) is 8.39. The highest BCUT2D eigenvalue weighted by atomic mass is 35.5. The standard InChI is InChI=1S/C25H21ClF4N4O2/c1-3-21(35)20-11-17(12-34(20)13-24(28,29)30)25(22(36)33(2)23(31)32-25)16-6-4-5-14(9-16)15-7-8-19(27)18(26)10-15/h4-12H,3,13H2,1-2H3,(H2,31,32). The van der Waals surface area contributed by atoms with Gasteiger partial charge >= 0.3 is 6.18 Å². The first kappa shape index (κ1) is 25.4. The van der Waals surface area contributed by atoms with Crippen molar-refractivity contribution in [2.24, 2.45) is 10.7 Å². The number of halogens is 5. The van der Waals surface area contributed by atoms with Crippen LogP contribution < -0.4 is 5.73 Å². The molecule has 2 heterocycles. The van der Waals surface area contributed by atoms with Gasteiger partial charge in [0.2, 0.25) is 0 Å². The zero-order chi connectivity index (χ0) is 26.4. The number of rotatable bonds is 6. The second-order valence-corrected chi connectivity index (χ2v) is 8.80. The number of likely N-dealkylation sites (N-methyl/N-ethyl adjacent to an activating group) is 1. The monoisotopic (exact) mass is 520 g/mol. The Hall–Kier alpha value is -3.66. The summed E-state index contributed by atoms with van der Waals surface area (Å²) < 4.78 is 54.4. The molecule has 11 heteroatoms. The molecule has 0 spiro atoms. The summed E-state index contributed by atoms with van der Waals surface area (Å²) in [4.78, 5) is 31.6. The molecule has 0 fully saturated rings. The van der Waals surface area contributed by atoms with E-state index >= 15 is 0 Å². The first-order chi connectivity index (χ1) is 16.9. The fraction of sp³-hybridized carbons (Fsp3) is 0.240. The molecule has 4 rings (SSSR count). The van der Waals surface area contributed by atoms with Gasteiger partial charge in [-0.2, -0.15) is 13.2 Å². The van der Waals surface area contributed by atoms with Crippen LogP contribution in [0.4, 0.5) is 17.6 Å². The Balaban J connectivity index is 1.95. The van der Waals surface area contributed by atoms with E-state index in [9.17, 15) is 27.2 Å². The number of carbonyl (C=O) groups is 2. The van der Waals surface area contributed by atoms with Crippen LogP contribution in [0, 0.1) is 5.82 Å². The first-order valence-electron chi connectivity index (χ1n) is 10.9. The zero-order valence-corrected chi connectivity index (χ0v) is 20.0. The Morgan fingerprint density at radius 3 is 2.39 bits per heavy atom. The van der Waals surface area contributed by atoms with E-state index in [-0.39, 0.29) is 28.7 Å². The van der Waals surface area contributed by atoms with E-state index in [2.05, 4.69) is 4.99 Å². The molecule has 2 aromatic carbocycles. The average Bonchev–Trinajstić information content (AvgIpc) is 3.34. The molecule has 0 bridgehead atoms. The number of hydrogen-bond acceptors (Lipinski definition) is 4. The van der Waals surface area contributed by atoms with Crippen molar-refractivity contribution in [3.8, 4) is 11.1 Å². The highest BCUT2D eigenvalue weighted by Crippen LogP contribution is 2.42. The second kappa shape index (κ2) is 9.09. The third-order valence-electron chi connectivity index (χ3n) is 6.04. The molecular formula is C25H21ClF4N4O2. The number of hydrogen-bond donors (Lipinski definition) is 1. The molecule has 1 aliphatic heterocycles. The summed E-state index contributed by atoms with van der Waals surface area (Å²) in [6.07, 6.45) is -3.52. The number of aliphatic imine (C=N–C) groups is 1. The minimum atomic E-state index is -4.60. The van der Waals surface area contributed by atoms with Gasteiger partial charge in [0, 0.05) is 25.2 Å². The van der Waals surface area contributed by atoms with Gasteiger partial charge in [-0.1, -0.05) is 42.8 Å². The molecule has 188 valence electrons. The lowest BCUT2D eigenvalue weighted by molar-refractivity contribution is -0.140. The smallest absolute Gasteiger partial charge is 0.369 e.